The molecule has 0 saturated carbocycles. The van der Waals surface area contributed by atoms with Gasteiger partial charge in [0.25, 0.3) is 0 Å². The number of hydrogen-bond donors (Lipinski definition) is 1. The lowest BCUT2D eigenvalue weighted by Gasteiger charge is -2.04. The maximum Gasteiger partial charge on any atom is 0.359 e. The lowest BCUT2D eigenvalue weighted by atomic mass is 10.2. The molecule has 0 bridgehead atoms. The summed E-state index contributed by atoms with van der Waals surface area (Å²) >= 11 is 5.99. The van der Waals surface area contributed by atoms with E-state index in [9.17, 15) is 4.79 Å². The highest BCUT2D eigenvalue weighted by Gasteiger charge is 2.12. The Morgan fingerprint density at radius 2 is 2.28 bits per heavy atom. The largest absolute Gasteiger partial charge is 0.445 e. The normalized spacial score (nSPS) is 10.1. The van der Waals surface area contributed by atoms with E-state index in [2.05, 4.69) is 19.7 Å². The van der Waals surface area contributed by atoms with Crippen LogP contribution in [0, 0.1) is 0 Å². The molecule has 0 radical (unpaired) electrons. The molecule has 2 aromatic heterocycles. The van der Waals surface area contributed by atoms with Gasteiger partial charge in [-0.15, -0.1) is 0 Å². The van der Waals surface area contributed by atoms with Crippen molar-refractivity contribution in [2.24, 2.45) is 5.73 Å². The number of nitrogens with zero attached hydrogens (tertiary/aromatic N) is 3. The van der Waals surface area contributed by atoms with E-state index >= 15 is 0 Å². The molecule has 0 saturated heterocycles. The Hall–Kier alpha value is -2.05. The lowest BCUT2D eigenvalue weighted by molar-refractivity contribution is 0.0508. The van der Waals surface area contributed by atoms with Crippen LogP contribution in [0.3, 0.4) is 0 Å². The average molecular weight is 265 g/mol. The molecule has 6 nitrogen and oxygen atoms in total. The molecule has 0 aliphatic carbocycles. The van der Waals surface area contributed by atoms with Crippen LogP contribution in [0.25, 0.3) is 11.4 Å². The van der Waals surface area contributed by atoms with Crippen molar-refractivity contribution >= 4 is 17.6 Å². The van der Waals surface area contributed by atoms with Gasteiger partial charge in [0.05, 0.1) is 17.4 Å². The number of carbonyl (C=O) groups excluding carboxylic acids is 1. The van der Waals surface area contributed by atoms with Gasteiger partial charge in [0.15, 0.2) is 5.69 Å². The molecule has 0 spiro atoms. The number of pyridine rings is 1. The van der Waals surface area contributed by atoms with Crippen LogP contribution in [0.15, 0.2) is 30.7 Å². The Labute approximate surface area is 108 Å². The minimum absolute atomic E-state index is 0.0552. The van der Waals surface area contributed by atoms with E-state index in [1.54, 1.807) is 18.3 Å². The smallest absolute Gasteiger partial charge is 0.359 e. The third-order valence-corrected chi connectivity index (χ3v) is 2.36. The standard InChI is InChI=1S/C11H9ClN4O2/c12-7-2-1-3-15-10(7)8-4-14-5-9(16-8)11(17)18-6-13/h1-5H,6,13H2. The summed E-state index contributed by atoms with van der Waals surface area (Å²) in [6.45, 7) is -0.213. The third-order valence-electron chi connectivity index (χ3n) is 2.06. The molecular weight excluding hydrogens is 256 g/mol. The highest BCUT2D eigenvalue weighted by atomic mass is 35.5. The van der Waals surface area contributed by atoms with E-state index in [-0.39, 0.29) is 12.4 Å². The van der Waals surface area contributed by atoms with Crippen molar-refractivity contribution in [3.63, 3.8) is 0 Å². The number of esters is 1. The first-order chi connectivity index (χ1) is 8.72. The molecular formula is C11H9ClN4O2. The molecule has 0 aromatic carbocycles. The van der Waals surface area contributed by atoms with Crippen molar-refractivity contribution in [1.82, 2.24) is 15.0 Å². The van der Waals surface area contributed by atoms with Gasteiger partial charge in [-0.05, 0) is 12.1 Å². The van der Waals surface area contributed by atoms with Crippen LogP contribution in [0.2, 0.25) is 5.02 Å². The Morgan fingerprint density at radius 3 is 3.00 bits per heavy atom. The van der Waals surface area contributed by atoms with Crippen LogP contribution >= 0.6 is 11.6 Å². The van der Waals surface area contributed by atoms with Crippen molar-refractivity contribution in [2.75, 3.05) is 6.73 Å². The quantitative estimate of drug-likeness (QED) is 0.663. The van der Waals surface area contributed by atoms with Crippen LogP contribution in [0.5, 0.6) is 0 Å². The van der Waals surface area contributed by atoms with E-state index < -0.39 is 5.97 Å². The summed E-state index contributed by atoms with van der Waals surface area (Å²) < 4.78 is 4.63. The molecule has 7 heteroatoms. The molecule has 2 heterocycles. The molecule has 0 atom stereocenters. The summed E-state index contributed by atoms with van der Waals surface area (Å²) in [5, 5.41) is 0.427. The second-order valence-electron chi connectivity index (χ2n) is 3.22. The number of aromatic nitrogens is 3. The van der Waals surface area contributed by atoms with E-state index in [0.717, 1.165) is 0 Å². The SMILES string of the molecule is NCOC(=O)c1cncc(-c2ncccc2Cl)n1. The van der Waals surface area contributed by atoms with Crippen molar-refractivity contribution in [2.45, 2.75) is 0 Å². The Kier molecular flexibility index (Phi) is 3.81. The zero-order valence-corrected chi connectivity index (χ0v) is 9.96. The van der Waals surface area contributed by atoms with Crippen molar-refractivity contribution in [3.05, 3.63) is 41.4 Å². The molecule has 0 amide bonds. The fourth-order valence-electron chi connectivity index (χ4n) is 1.30. The molecule has 0 fully saturated rings. The Balaban J connectivity index is 2.39. The van der Waals surface area contributed by atoms with Gasteiger partial charge in [0.2, 0.25) is 0 Å². The minimum atomic E-state index is -0.640. The topological polar surface area (TPSA) is 91.0 Å². The van der Waals surface area contributed by atoms with Gasteiger partial charge in [0.1, 0.15) is 18.1 Å². The van der Waals surface area contributed by atoms with Gasteiger partial charge in [-0.3, -0.25) is 15.7 Å². The number of nitrogens with two attached hydrogens (primary N) is 1. The molecule has 0 aliphatic rings. The number of hydrogen-bond acceptors (Lipinski definition) is 6. The van der Waals surface area contributed by atoms with E-state index in [1.165, 1.54) is 12.4 Å². The third kappa shape index (κ3) is 2.61. The summed E-state index contributed by atoms with van der Waals surface area (Å²) in [6, 6.07) is 3.38. The average Bonchev–Trinajstić information content (AvgIpc) is 2.40. The summed E-state index contributed by atoms with van der Waals surface area (Å²) in [7, 11) is 0. The molecule has 92 valence electrons. The minimum Gasteiger partial charge on any atom is -0.445 e. The Morgan fingerprint density at radius 1 is 1.44 bits per heavy atom. The van der Waals surface area contributed by atoms with Gasteiger partial charge < -0.3 is 4.74 Å². The van der Waals surface area contributed by atoms with Gasteiger partial charge in [-0.1, -0.05) is 11.6 Å². The first-order valence-electron chi connectivity index (χ1n) is 5.02. The second kappa shape index (κ2) is 5.52. The summed E-state index contributed by atoms with van der Waals surface area (Å²) in [6.07, 6.45) is 4.33. The van der Waals surface area contributed by atoms with Crippen LogP contribution < -0.4 is 5.73 Å². The zero-order chi connectivity index (χ0) is 13.0. The highest BCUT2D eigenvalue weighted by molar-refractivity contribution is 6.32. The summed E-state index contributed by atoms with van der Waals surface area (Å²) in [5.41, 5.74) is 6.02. The van der Waals surface area contributed by atoms with Crippen LogP contribution in [-0.4, -0.2) is 27.7 Å². The highest BCUT2D eigenvalue weighted by Crippen LogP contribution is 2.22. The second-order valence-corrected chi connectivity index (χ2v) is 3.63. The van der Waals surface area contributed by atoms with Gasteiger partial charge >= 0.3 is 5.97 Å². The Bertz CT molecular complexity index is 576. The number of rotatable bonds is 3. The maximum absolute atomic E-state index is 11.5. The monoisotopic (exact) mass is 264 g/mol. The van der Waals surface area contributed by atoms with Crippen molar-refractivity contribution in [3.8, 4) is 11.4 Å². The molecule has 18 heavy (non-hydrogen) atoms. The van der Waals surface area contributed by atoms with Gasteiger partial charge in [0, 0.05) is 6.20 Å². The zero-order valence-electron chi connectivity index (χ0n) is 9.21. The molecule has 2 rings (SSSR count). The molecule has 2 aromatic rings. The van der Waals surface area contributed by atoms with Crippen LogP contribution in [0.4, 0.5) is 0 Å². The molecule has 0 unspecified atom stereocenters. The van der Waals surface area contributed by atoms with E-state index in [1.807, 2.05) is 0 Å². The van der Waals surface area contributed by atoms with Gasteiger partial charge in [-0.2, -0.15) is 0 Å². The lowest BCUT2D eigenvalue weighted by Crippen LogP contribution is -2.14. The van der Waals surface area contributed by atoms with Crippen molar-refractivity contribution in [1.29, 1.82) is 0 Å². The molecule has 0 aliphatic heterocycles. The van der Waals surface area contributed by atoms with E-state index in [4.69, 9.17) is 17.3 Å². The van der Waals surface area contributed by atoms with Gasteiger partial charge in [-0.25, -0.2) is 9.78 Å². The first-order valence-corrected chi connectivity index (χ1v) is 5.40. The summed E-state index contributed by atoms with van der Waals surface area (Å²) in [4.78, 5) is 23.5. The fourth-order valence-corrected chi connectivity index (χ4v) is 1.52. The van der Waals surface area contributed by atoms with E-state index in [0.29, 0.717) is 16.4 Å². The maximum atomic E-state index is 11.5. The number of halogens is 1. The van der Waals surface area contributed by atoms with Crippen LogP contribution in [0.1, 0.15) is 10.5 Å². The summed E-state index contributed by atoms with van der Waals surface area (Å²) in [5.74, 6) is -0.640. The first kappa shape index (κ1) is 12.4. The number of ether oxygens (including phenoxy) is 1. The van der Waals surface area contributed by atoms with Crippen LogP contribution in [-0.2, 0) is 4.74 Å². The predicted molar refractivity (Wildman–Crippen MR) is 64.7 cm³/mol. The number of carbonyl (C=O) groups is 1. The molecule has 2 N–H and O–H groups in total. The predicted octanol–water partition coefficient (Wildman–Crippen LogP) is 1.26. The fraction of sp³-hybridized carbons (Fsp3) is 0.0909. The van der Waals surface area contributed by atoms with Crippen molar-refractivity contribution < 1.29 is 9.53 Å².